The third-order valence-electron chi connectivity index (χ3n) is 2.52. The molecule has 16 heavy (non-hydrogen) atoms. The molecular weight excluding hydrogens is 229 g/mol. The average Bonchev–Trinajstić information content (AvgIpc) is 2.50. The molecule has 0 bridgehead atoms. The maximum absolute atomic E-state index is 13.6. The lowest BCUT2D eigenvalue weighted by atomic mass is 10.1. The molecule has 0 saturated carbocycles. The van der Waals surface area contributed by atoms with Crippen LogP contribution in [0.3, 0.4) is 0 Å². The average molecular weight is 240 g/mol. The van der Waals surface area contributed by atoms with Crippen molar-refractivity contribution in [1.82, 2.24) is 9.78 Å². The molecule has 84 valence electrons. The van der Waals surface area contributed by atoms with Gasteiger partial charge in [-0.2, -0.15) is 5.10 Å². The van der Waals surface area contributed by atoms with Crippen LogP contribution in [0.25, 0.3) is 11.3 Å². The van der Waals surface area contributed by atoms with Gasteiger partial charge in [-0.15, -0.1) is 0 Å². The van der Waals surface area contributed by atoms with Crippen LogP contribution in [0.15, 0.2) is 18.2 Å². The van der Waals surface area contributed by atoms with Crippen molar-refractivity contribution in [3.63, 3.8) is 0 Å². The van der Waals surface area contributed by atoms with Crippen LogP contribution in [0.1, 0.15) is 5.56 Å². The molecule has 0 atom stereocenters. The van der Waals surface area contributed by atoms with Gasteiger partial charge in [0.1, 0.15) is 17.3 Å². The van der Waals surface area contributed by atoms with Crippen molar-refractivity contribution in [3.8, 4) is 11.3 Å². The number of nitrogen functional groups attached to an aromatic ring is 1. The molecule has 3 nitrogen and oxygen atoms in total. The zero-order chi connectivity index (χ0) is 11.9. The number of anilines is 1. The van der Waals surface area contributed by atoms with Crippen molar-refractivity contribution in [2.75, 3.05) is 5.73 Å². The molecule has 1 aromatic carbocycles. The Morgan fingerprint density at radius 3 is 2.69 bits per heavy atom. The van der Waals surface area contributed by atoms with E-state index in [0.29, 0.717) is 22.1 Å². The first-order chi connectivity index (χ1) is 7.50. The van der Waals surface area contributed by atoms with Crippen LogP contribution in [0, 0.1) is 12.7 Å². The summed E-state index contributed by atoms with van der Waals surface area (Å²) < 4.78 is 15.1. The molecule has 5 heteroatoms. The molecule has 0 fully saturated rings. The summed E-state index contributed by atoms with van der Waals surface area (Å²) in [5.41, 5.74) is 7.43. The molecule has 0 aliphatic heterocycles. The van der Waals surface area contributed by atoms with E-state index in [2.05, 4.69) is 5.10 Å². The Morgan fingerprint density at radius 1 is 1.44 bits per heavy atom. The van der Waals surface area contributed by atoms with E-state index >= 15 is 0 Å². The highest BCUT2D eigenvalue weighted by molar-refractivity contribution is 6.30. The van der Waals surface area contributed by atoms with Crippen LogP contribution in [0.2, 0.25) is 5.02 Å². The zero-order valence-electron chi connectivity index (χ0n) is 8.96. The standard InChI is InChI=1S/C11H11ClFN3/c1-6-10(15-16(2)11(6)14)8-5-7(12)3-4-9(8)13/h3-5H,14H2,1-2H3. The minimum Gasteiger partial charge on any atom is -0.384 e. The maximum Gasteiger partial charge on any atom is 0.132 e. The lowest BCUT2D eigenvalue weighted by Gasteiger charge is -2.01. The van der Waals surface area contributed by atoms with Gasteiger partial charge in [-0.05, 0) is 25.1 Å². The van der Waals surface area contributed by atoms with Gasteiger partial charge in [-0.3, -0.25) is 4.68 Å². The minimum atomic E-state index is -0.356. The van der Waals surface area contributed by atoms with E-state index < -0.39 is 0 Å². The molecule has 2 aromatic rings. The number of hydrogen-bond acceptors (Lipinski definition) is 2. The Hall–Kier alpha value is -1.55. The van der Waals surface area contributed by atoms with Crippen molar-refractivity contribution in [3.05, 3.63) is 34.6 Å². The van der Waals surface area contributed by atoms with E-state index in [1.54, 1.807) is 20.0 Å². The van der Waals surface area contributed by atoms with Crippen molar-refractivity contribution in [2.45, 2.75) is 6.92 Å². The highest BCUT2D eigenvalue weighted by atomic mass is 35.5. The van der Waals surface area contributed by atoms with Crippen LogP contribution in [-0.4, -0.2) is 9.78 Å². The van der Waals surface area contributed by atoms with Crippen molar-refractivity contribution >= 4 is 17.4 Å². The quantitative estimate of drug-likeness (QED) is 0.832. The fraction of sp³-hybridized carbons (Fsp3) is 0.182. The molecule has 0 aliphatic carbocycles. The SMILES string of the molecule is Cc1c(-c2cc(Cl)ccc2F)nn(C)c1N. The number of nitrogens with two attached hydrogens (primary N) is 1. The van der Waals surface area contributed by atoms with Gasteiger partial charge in [0, 0.05) is 23.2 Å². The summed E-state index contributed by atoms with van der Waals surface area (Å²) in [6.45, 7) is 1.80. The molecule has 2 rings (SSSR count). The van der Waals surface area contributed by atoms with Crippen LogP contribution in [0.4, 0.5) is 10.2 Å². The van der Waals surface area contributed by atoms with Crippen molar-refractivity contribution < 1.29 is 4.39 Å². The Labute approximate surface area is 97.6 Å². The second-order valence-electron chi connectivity index (χ2n) is 3.61. The van der Waals surface area contributed by atoms with Gasteiger partial charge in [0.25, 0.3) is 0 Å². The lowest BCUT2D eigenvalue weighted by molar-refractivity contribution is 0.630. The summed E-state index contributed by atoms with van der Waals surface area (Å²) in [7, 11) is 1.72. The molecule has 0 radical (unpaired) electrons. The second kappa shape index (κ2) is 3.79. The summed E-state index contributed by atoms with van der Waals surface area (Å²) >= 11 is 5.83. The number of rotatable bonds is 1. The smallest absolute Gasteiger partial charge is 0.132 e. The first kappa shape index (κ1) is 11.0. The second-order valence-corrected chi connectivity index (χ2v) is 4.04. The summed E-state index contributed by atoms with van der Waals surface area (Å²) in [6.07, 6.45) is 0. The number of aryl methyl sites for hydroxylation is 1. The fourth-order valence-corrected chi connectivity index (χ4v) is 1.75. The molecule has 0 aliphatic rings. The fourth-order valence-electron chi connectivity index (χ4n) is 1.58. The van der Waals surface area contributed by atoms with Gasteiger partial charge in [0.2, 0.25) is 0 Å². The number of aromatic nitrogens is 2. The monoisotopic (exact) mass is 239 g/mol. The Bertz CT molecular complexity index is 548. The number of benzene rings is 1. The normalized spacial score (nSPS) is 10.8. The third-order valence-corrected chi connectivity index (χ3v) is 2.76. The minimum absolute atomic E-state index is 0.356. The highest BCUT2D eigenvalue weighted by Gasteiger charge is 2.15. The first-order valence-corrected chi connectivity index (χ1v) is 5.13. The van der Waals surface area contributed by atoms with Gasteiger partial charge in [0.05, 0.1) is 0 Å². The van der Waals surface area contributed by atoms with E-state index in [1.165, 1.54) is 16.8 Å². The van der Waals surface area contributed by atoms with Gasteiger partial charge in [-0.1, -0.05) is 11.6 Å². The van der Waals surface area contributed by atoms with Crippen LogP contribution >= 0.6 is 11.6 Å². The molecule has 0 unspecified atom stereocenters. The number of hydrogen-bond donors (Lipinski definition) is 1. The van der Waals surface area contributed by atoms with E-state index in [-0.39, 0.29) is 5.82 Å². The van der Waals surface area contributed by atoms with Crippen molar-refractivity contribution in [1.29, 1.82) is 0 Å². The summed E-state index contributed by atoms with van der Waals surface area (Å²) in [6, 6.07) is 4.37. The van der Waals surface area contributed by atoms with Crippen LogP contribution in [0.5, 0.6) is 0 Å². The predicted octanol–water partition coefficient (Wildman–Crippen LogP) is 2.77. The van der Waals surface area contributed by atoms with Crippen molar-refractivity contribution in [2.24, 2.45) is 7.05 Å². The Balaban J connectivity index is 2.67. The first-order valence-electron chi connectivity index (χ1n) is 4.75. The number of halogens is 2. The lowest BCUT2D eigenvalue weighted by Crippen LogP contribution is -1.97. The Kier molecular flexibility index (Phi) is 2.59. The zero-order valence-corrected chi connectivity index (χ0v) is 9.72. The molecule has 2 N–H and O–H groups in total. The van der Waals surface area contributed by atoms with Gasteiger partial charge in [-0.25, -0.2) is 4.39 Å². The predicted molar refractivity (Wildman–Crippen MR) is 62.8 cm³/mol. The van der Waals surface area contributed by atoms with Gasteiger partial charge < -0.3 is 5.73 Å². The van der Waals surface area contributed by atoms with E-state index in [9.17, 15) is 4.39 Å². The molecular formula is C11H11ClFN3. The third kappa shape index (κ3) is 1.65. The summed E-state index contributed by atoms with van der Waals surface area (Å²) in [5, 5.41) is 4.65. The summed E-state index contributed by atoms with van der Waals surface area (Å²) in [5.74, 6) is 0.167. The van der Waals surface area contributed by atoms with Gasteiger partial charge in [0.15, 0.2) is 0 Å². The largest absolute Gasteiger partial charge is 0.384 e. The summed E-state index contributed by atoms with van der Waals surface area (Å²) in [4.78, 5) is 0. The molecule has 0 amide bonds. The van der Waals surface area contributed by atoms with E-state index in [4.69, 9.17) is 17.3 Å². The molecule has 1 aromatic heterocycles. The molecule has 1 heterocycles. The topological polar surface area (TPSA) is 43.8 Å². The van der Waals surface area contributed by atoms with Crippen LogP contribution < -0.4 is 5.73 Å². The van der Waals surface area contributed by atoms with Crippen LogP contribution in [-0.2, 0) is 7.05 Å². The maximum atomic E-state index is 13.6. The number of nitrogens with zero attached hydrogens (tertiary/aromatic N) is 2. The highest BCUT2D eigenvalue weighted by Crippen LogP contribution is 2.29. The van der Waals surface area contributed by atoms with Gasteiger partial charge >= 0.3 is 0 Å². The molecule has 0 spiro atoms. The Morgan fingerprint density at radius 2 is 2.12 bits per heavy atom. The van der Waals surface area contributed by atoms with E-state index in [0.717, 1.165) is 5.56 Å². The van der Waals surface area contributed by atoms with E-state index in [1.807, 2.05) is 0 Å². The molecule has 0 saturated heterocycles.